The molecule has 3 rings (SSSR count). The number of nitrogens with one attached hydrogen (secondary N) is 1. The van der Waals surface area contributed by atoms with E-state index in [-0.39, 0.29) is 17.4 Å². The maximum atomic E-state index is 12.5. The number of aromatic nitrogens is 2. The fraction of sp³-hybridized carbons (Fsp3) is 0.524. The molecule has 0 bridgehead atoms. The van der Waals surface area contributed by atoms with E-state index in [1.807, 2.05) is 39.1 Å². The zero-order valence-corrected chi connectivity index (χ0v) is 16.2. The molecule has 0 unspecified atom stereocenters. The van der Waals surface area contributed by atoms with Gasteiger partial charge >= 0.3 is 0 Å². The van der Waals surface area contributed by atoms with Crippen molar-refractivity contribution in [1.29, 1.82) is 0 Å². The van der Waals surface area contributed by atoms with Gasteiger partial charge in [0, 0.05) is 11.0 Å². The number of carbonyl (C=O) groups excluding carboxylic acids is 1. The summed E-state index contributed by atoms with van der Waals surface area (Å²) >= 11 is 0. The van der Waals surface area contributed by atoms with Gasteiger partial charge in [0.05, 0.1) is 23.6 Å². The first kappa shape index (κ1) is 17.7. The minimum Gasteiger partial charge on any atom is -0.349 e. The molecule has 0 radical (unpaired) electrons. The molecule has 0 saturated carbocycles. The topological polar surface area (TPSA) is 46.9 Å². The standard InChI is InChI=1S/C21H29N3O/c1-14-9-7-8-10-17(14)24-18-12-21(5,6)11-16(15(18)13-22-24)23-19(25)20(2,3)4/h7-10,13,16H,11-12H2,1-6H3,(H,23,25)/t16-/m1/s1. The number of rotatable bonds is 2. The van der Waals surface area contributed by atoms with E-state index in [2.05, 4.69) is 48.0 Å². The lowest BCUT2D eigenvalue weighted by molar-refractivity contribution is -0.129. The number of aryl methyl sites for hydroxylation is 1. The minimum atomic E-state index is -0.395. The molecule has 2 aromatic rings. The molecule has 0 saturated heterocycles. The minimum absolute atomic E-state index is 0.0169. The molecule has 4 nitrogen and oxygen atoms in total. The van der Waals surface area contributed by atoms with E-state index in [4.69, 9.17) is 0 Å². The Labute approximate surface area is 150 Å². The highest BCUT2D eigenvalue weighted by molar-refractivity contribution is 5.81. The summed E-state index contributed by atoms with van der Waals surface area (Å²) in [7, 11) is 0. The van der Waals surface area contributed by atoms with E-state index < -0.39 is 5.41 Å². The van der Waals surface area contributed by atoms with Gasteiger partial charge in [-0.25, -0.2) is 4.68 Å². The van der Waals surface area contributed by atoms with Crippen LogP contribution in [-0.4, -0.2) is 15.7 Å². The average Bonchev–Trinajstić information content (AvgIpc) is 2.89. The maximum absolute atomic E-state index is 12.5. The normalized spacial score (nSPS) is 19.4. The predicted octanol–water partition coefficient (Wildman–Crippen LogP) is 4.36. The zero-order valence-electron chi connectivity index (χ0n) is 16.2. The number of hydrogen-bond donors (Lipinski definition) is 1. The van der Waals surface area contributed by atoms with Crippen LogP contribution in [0, 0.1) is 17.8 Å². The van der Waals surface area contributed by atoms with Crippen LogP contribution < -0.4 is 5.32 Å². The van der Waals surface area contributed by atoms with Crippen LogP contribution in [0.2, 0.25) is 0 Å². The first-order chi connectivity index (χ1) is 11.6. The van der Waals surface area contributed by atoms with Gasteiger partial charge in [0.25, 0.3) is 0 Å². The summed E-state index contributed by atoms with van der Waals surface area (Å²) in [6.45, 7) is 12.5. The smallest absolute Gasteiger partial charge is 0.225 e. The van der Waals surface area contributed by atoms with E-state index in [1.54, 1.807) is 0 Å². The first-order valence-corrected chi connectivity index (χ1v) is 9.02. The second-order valence-electron chi connectivity index (χ2n) is 9.07. The van der Waals surface area contributed by atoms with Crippen LogP contribution in [0.25, 0.3) is 5.69 Å². The fourth-order valence-corrected chi connectivity index (χ4v) is 3.55. The second kappa shape index (κ2) is 6.01. The Hall–Kier alpha value is -2.10. The molecule has 1 atom stereocenters. The quantitative estimate of drug-likeness (QED) is 0.884. The molecule has 1 aliphatic rings. The van der Waals surface area contributed by atoms with E-state index in [9.17, 15) is 4.79 Å². The Morgan fingerprint density at radius 1 is 1.28 bits per heavy atom. The lowest BCUT2D eigenvalue weighted by atomic mass is 9.74. The van der Waals surface area contributed by atoms with E-state index in [0.717, 1.165) is 24.1 Å². The Morgan fingerprint density at radius 2 is 1.96 bits per heavy atom. The van der Waals surface area contributed by atoms with Crippen molar-refractivity contribution in [2.45, 2.75) is 60.4 Å². The van der Waals surface area contributed by atoms with Gasteiger partial charge in [0.2, 0.25) is 5.91 Å². The van der Waals surface area contributed by atoms with Gasteiger partial charge in [-0.15, -0.1) is 0 Å². The van der Waals surface area contributed by atoms with Gasteiger partial charge in [-0.05, 0) is 36.8 Å². The lowest BCUT2D eigenvalue weighted by Crippen LogP contribution is -2.41. The van der Waals surface area contributed by atoms with Crippen molar-refractivity contribution in [2.75, 3.05) is 0 Å². The molecule has 1 N–H and O–H groups in total. The molecule has 0 fully saturated rings. The van der Waals surface area contributed by atoms with Crippen molar-refractivity contribution in [3.05, 3.63) is 47.3 Å². The van der Waals surface area contributed by atoms with E-state index in [1.165, 1.54) is 11.3 Å². The second-order valence-corrected chi connectivity index (χ2v) is 9.07. The third kappa shape index (κ3) is 3.48. The highest BCUT2D eigenvalue weighted by atomic mass is 16.2. The highest BCUT2D eigenvalue weighted by Crippen LogP contribution is 2.41. The van der Waals surface area contributed by atoms with Crippen LogP contribution in [0.4, 0.5) is 0 Å². The molecule has 134 valence electrons. The van der Waals surface area contributed by atoms with Crippen LogP contribution >= 0.6 is 0 Å². The SMILES string of the molecule is Cc1ccccc1-n1ncc2c1CC(C)(C)C[C@H]2NC(=O)C(C)(C)C. The van der Waals surface area contributed by atoms with Crippen LogP contribution in [0.15, 0.2) is 30.5 Å². The summed E-state index contributed by atoms with van der Waals surface area (Å²) in [6, 6.07) is 8.32. The van der Waals surface area contributed by atoms with Crippen molar-refractivity contribution >= 4 is 5.91 Å². The van der Waals surface area contributed by atoms with Crippen LogP contribution in [0.1, 0.15) is 63.9 Å². The highest BCUT2D eigenvalue weighted by Gasteiger charge is 2.37. The van der Waals surface area contributed by atoms with Gasteiger partial charge < -0.3 is 5.32 Å². The number of carbonyl (C=O) groups is 1. The average molecular weight is 339 g/mol. The number of para-hydroxylation sites is 1. The fourth-order valence-electron chi connectivity index (χ4n) is 3.55. The van der Waals surface area contributed by atoms with E-state index >= 15 is 0 Å². The molecule has 1 heterocycles. The summed E-state index contributed by atoms with van der Waals surface area (Å²) in [6.07, 6.45) is 3.82. The predicted molar refractivity (Wildman–Crippen MR) is 101 cm³/mol. The summed E-state index contributed by atoms with van der Waals surface area (Å²) in [5.41, 5.74) is 4.40. The largest absolute Gasteiger partial charge is 0.349 e. The first-order valence-electron chi connectivity index (χ1n) is 9.02. The molecule has 0 spiro atoms. The van der Waals surface area contributed by atoms with Crippen molar-refractivity contribution < 1.29 is 4.79 Å². The Bertz CT molecular complexity index is 796. The van der Waals surface area contributed by atoms with Crippen molar-refractivity contribution in [1.82, 2.24) is 15.1 Å². The van der Waals surface area contributed by atoms with Gasteiger partial charge in [0.1, 0.15) is 0 Å². The van der Waals surface area contributed by atoms with Crippen molar-refractivity contribution in [3.8, 4) is 5.69 Å². The molecular weight excluding hydrogens is 310 g/mol. The van der Waals surface area contributed by atoms with Gasteiger partial charge in [-0.1, -0.05) is 52.8 Å². The zero-order chi connectivity index (χ0) is 18.4. The molecule has 1 aliphatic carbocycles. The summed E-state index contributed by atoms with van der Waals surface area (Å²) in [5, 5.41) is 7.94. The van der Waals surface area contributed by atoms with Crippen molar-refractivity contribution in [2.24, 2.45) is 10.8 Å². The van der Waals surface area contributed by atoms with Gasteiger partial charge in [-0.3, -0.25) is 4.79 Å². The Kier molecular flexibility index (Phi) is 4.26. The van der Waals surface area contributed by atoms with Gasteiger partial charge in [0.15, 0.2) is 0 Å². The van der Waals surface area contributed by atoms with Gasteiger partial charge in [-0.2, -0.15) is 5.10 Å². The van der Waals surface area contributed by atoms with E-state index in [0.29, 0.717) is 0 Å². The summed E-state index contributed by atoms with van der Waals surface area (Å²) in [4.78, 5) is 12.5. The Morgan fingerprint density at radius 3 is 2.60 bits per heavy atom. The van der Waals surface area contributed by atoms with Crippen LogP contribution in [0.3, 0.4) is 0 Å². The molecule has 1 amide bonds. The third-order valence-electron chi connectivity index (χ3n) is 5.01. The molecule has 1 aromatic heterocycles. The molecular formula is C21H29N3O. The Balaban J connectivity index is 2.03. The number of amides is 1. The molecule has 0 aliphatic heterocycles. The molecule has 25 heavy (non-hydrogen) atoms. The summed E-state index contributed by atoms with van der Waals surface area (Å²) in [5.74, 6) is 0.0878. The maximum Gasteiger partial charge on any atom is 0.225 e. The van der Waals surface area contributed by atoms with Crippen molar-refractivity contribution in [3.63, 3.8) is 0 Å². The van der Waals surface area contributed by atoms with Crippen LogP contribution in [-0.2, 0) is 11.2 Å². The number of fused-ring (bicyclic) bond motifs is 1. The number of benzene rings is 1. The van der Waals surface area contributed by atoms with Crippen LogP contribution in [0.5, 0.6) is 0 Å². The number of hydrogen-bond acceptors (Lipinski definition) is 2. The molecule has 4 heteroatoms. The number of nitrogens with zero attached hydrogens (tertiary/aromatic N) is 2. The lowest BCUT2D eigenvalue weighted by Gasteiger charge is -2.37. The molecule has 1 aromatic carbocycles. The third-order valence-corrected chi connectivity index (χ3v) is 5.01. The summed E-state index contributed by atoms with van der Waals surface area (Å²) < 4.78 is 2.06. The monoisotopic (exact) mass is 339 g/mol.